The van der Waals surface area contributed by atoms with E-state index in [-0.39, 0.29) is 41.2 Å². The second kappa shape index (κ2) is 7.97. The van der Waals surface area contributed by atoms with Crippen LogP contribution in [0.3, 0.4) is 0 Å². The molecule has 13 heteroatoms. The molecule has 3 heterocycles. The molecular formula is C23H22F4N2O6S. The lowest BCUT2D eigenvalue weighted by Gasteiger charge is -2.37. The number of amidine groups is 1. The van der Waals surface area contributed by atoms with E-state index < -0.39 is 38.3 Å². The number of aliphatic imine (C=N–C) groups is 1. The molecule has 3 aliphatic heterocycles. The van der Waals surface area contributed by atoms with E-state index in [1.165, 1.54) is 12.1 Å². The molecule has 0 aliphatic carbocycles. The van der Waals surface area contributed by atoms with Gasteiger partial charge in [-0.15, -0.1) is 0 Å². The lowest BCUT2D eigenvalue weighted by molar-refractivity contribution is -0.0593. The quantitative estimate of drug-likeness (QED) is 0.355. The van der Waals surface area contributed by atoms with Crippen LogP contribution in [0.15, 0.2) is 35.3 Å². The zero-order valence-corrected chi connectivity index (χ0v) is 20.0. The van der Waals surface area contributed by atoms with E-state index in [9.17, 15) is 21.6 Å². The topological polar surface area (TPSA) is 109 Å². The highest BCUT2D eigenvalue weighted by Crippen LogP contribution is 2.53. The van der Waals surface area contributed by atoms with Gasteiger partial charge in [-0.25, -0.2) is 9.38 Å². The van der Waals surface area contributed by atoms with Gasteiger partial charge in [0.05, 0.1) is 5.60 Å². The van der Waals surface area contributed by atoms with E-state index in [2.05, 4.69) is 9.18 Å². The summed E-state index contributed by atoms with van der Waals surface area (Å²) in [4.78, 5) is 4.38. The monoisotopic (exact) mass is 530 g/mol. The van der Waals surface area contributed by atoms with Crippen LogP contribution in [-0.4, -0.2) is 38.8 Å². The first-order valence-corrected chi connectivity index (χ1v) is 12.4. The van der Waals surface area contributed by atoms with Gasteiger partial charge in [0.1, 0.15) is 18.1 Å². The van der Waals surface area contributed by atoms with Crippen molar-refractivity contribution in [2.45, 2.75) is 49.3 Å². The van der Waals surface area contributed by atoms with Gasteiger partial charge < -0.3 is 24.1 Å². The average molecular weight is 530 g/mol. The molecule has 36 heavy (non-hydrogen) atoms. The van der Waals surface area contributed by atoms with Crippen molar-refractivity contribution in [3.63, 3.8) is 0 Å². The Morgan fingerprint density at radius 2 is 1.92 bits per heavy atom. The minimum atomic E-state index is -5.93. The predicted molar refractivity (Wildman–Crippen MR) is 119 cm³/mol. The van der Waals surface area contributed by atoms with Crippen molar-refractivity contribution >= 4 is 16.1 Å². The molecule has 0 saturated carbocycles. The number of hydrogen-bond donors (Lipinski definition) is 1. The number of rotatable bonds is 3. The average Bonchev–Trinajstić information content (AvgIpc) is 3.15. The van der Waals surface area contributed by atoms with Gasteiger partial charge in [-0.05, 0) is 68.5 Å². The summed E-state index contributed by atoms with van der Waals surface area (Å²) in [5.41, 5.74) is -0.682. The summed E-state index contributed by atoms with van der Waals surface area (Å²) in [7, 11) is -5.93. The van der Waals surface area contributed by atoms with Crippen LogP contribution < -0.4 is 14.7 Å². The summed E-state index contributed by atoms with van der Waals surface area (Å²) in [6.45, 7) is 4.17. The summed E-state index contributed by atoms with van der Waals surface area (Å²) in [6, 6.07) is 6.09. The van der Waals surface area contributed by atoms with Crippen molar-refractivity contribution in [2.24, 2.45) is 10.7 Å². The number of benzene rings is 2. The number of ether oxygens (including phenoxy) is 3. The molecule has 1 fully saturated rings. The minimum Gasteiger partial charge on any atom is -0.462 e. The molecule has 1 saturated heterocycles. The molecule has 2 aromatic rings. The Morgan fingerprint density at radius 3 is 2.56 bits per heavy atom. The Morgan fingerprint density at radius 1 is 1.17 bits per heavy atom. The smallest absolute Gasteiger partial charge is 0.462 e. The lowest BCUT2D eigenvalue weighted by atomic mass is 9.77. The summed E-state index contributed by atoms with van der Waals surface area (Å²) >= 11 is 0. The zero-order chi connectivity index (χ0) is 26.1. The molecule has 0 aromatic heterocycles. The van der Waals surface area contributed by atoms with Gasteiger partial charge in [-0.1, -0.05) is 0 Å². The number of nitrogens with zero attached hydrogens (tertiary/aromatic N) is 1. The molecule has 2 aromatic carbocycles. The van der Waals surface area contributed by atoms with Gasteiger partial charge in [0.25, 0.3) is 6.02 Å². The normalized spacial score (nSPS) is 24.8. The van der Waals surface area contributed by atoms with Crippen LogP contribution in [0.4, 0.5) is 17.6 Å². The van der Waals surface area contributed by atoms with Crippen molar-refractivity contribution < 1.29 is 44.4 Å². The molecule has 194 valence electrons. The fourth-order valence-corrected chi connectivity index (χ4v) is 5.34. The first-order chi connectivity index (χ1) is 16.7. The van der Waals surface area contributed by atoms with Crippen LogP contribution >= 0.6 is 0 Å². The Bertz CT molecular complexity index is 1380. The largest absolute Gasteiger partial charge is 0.534 e. The standard InChI is InChI=1S/C23H22F4N2O6S/c1-21(2)10-12(5-6-33-21)13-7-16-19(17(24)8-13)34-18-4-3-14(35-36(30,31)23(25,26)27)9-15(18)22(16)11-32-20(28)29-22/h3-4,7-9,12H,5-6,10-11H2,1-2H3,(H2,28,29)/t12-,22?/m0/s1. The summed E-state index contributed by atoms with van der Waals surface area (Å²) in [6.07, 6.45) is 1.28. The van der Waals surface area contributed by atoms with Crippen molar-refractivity contribution in [2.75, 3.05) is 13.2 Å². The van der Waals surface area contributed by atoms with Crippen LogP contribution in [0.5, 0.6) is 17.2 Å². The highest BCUT2D eigenvalue weighted by molar-refractivity contribution is 7.88. The molecule has 5 rings (SSSR count). The van der Waals surface area contributed by atoms with Crippen molar-refractivity contribution in [1.29, 1.82) is 0 Å². The molecule has 2 atom stereocenters. The maximum absolute atomic E-state index is 15.4. The number of nitrogens with two attached hydrogens (primary N) is 1. The first kappa shape index (κ1) is 24.6. The summed E-state index contributed by atoms with van der Waals surface area (Å²) in [5.74, 6) is -1.41. The summed E-state index contributed by atoms with van der Waals surface area (Å²) < 4.78 is 98.4. The third kappa shape index (κ3) is 4.03. The van der Waals surface area contributed by atoms with Crippen LogP contribution in [0, 0.1) is 5.82 Å². The van der Waals surface area contributed by atoms with Gasteiger partial charge in [0, 0.05) is 17.7 Å². The number of hydrogen-bond acceptors (Lipinski definition) is 8. The number of halogens is 4. The van der Waals surface area contributed by atoms with Gasteiger partial charge >= 0.3 is 15.6 Å². The van der Waals surface area contributed by atoms with Crippen molar-refractivity contribution in [1.82, 2.24) is 0 Å². The molecule has 1 unspecified atom stereocenters. The zero-order valence-electron chi connectivity index (χ0n) is 19.2. The molecule has 0 radical (unpaired) electrons. The highest BCUT2D eigenvalue weighted by Gasteiger charge is 2.51. The molecule has 1 spiro atoms. The second-order valence-corrected chi connectivity index (χ2v) is 11.1. The fraction of sp³-hybridized carbons (Fsp3) is 0.435. The van der Waals surface area contributed by atoms with Crippen molar-refractivity contribution in [3.05, 3.63) is 52.8 Å². The Hall–Kier alpha value is -3.06. The van der Waals surface area contributed by atoms with E-state index in [0.717, 1.165) is 12.1 Å². The van der Waals surface area contributed by atoms with Gasteiger partial charge in [-0.3, -0.25) is 0 Å². The van der Waals surface area contributed by atoms with E-state index in [1.54, 1.807) is 6.07 Å². The van der Waals surface area contributed by atoms with Crippen LogP contribution in [0.1, 0.15) is 49.3 Å². The number of alkyl halides is 3. The van der Waals surface area contributed by atoms with E-state index in [4.69, 9.17) is 19.9 Å². The number of fused-ring (bicyclic) bond motifs is 4. The van der Waals surface area contributed by atoms with Gasteiger partial charge in [0.15, 0.2) is 17.1 Å². The highest BCUT2D eigenvalue weighted by atomic mass is 32.2. The van der Waals surface area contributed by atoms with Crippen LogP contribution in [0.2, 0.25) is 0 Å². The summed E-state index contributed by atoms with van der Waals surface area (Å²) in [5, 5.41) is 0. The van der Waals surface area contributed by atoms with E-state index in [0.29, 0.717) is 25.0 Å². The Kier molecular flexibility index (Phi) is 5.45. The SMILES string of the molecule is CC1(C)C[C@@H](c2cc(F)c3c(c2)C2(COC(N)=N2)c2cc(OS(=O)(=O)C(F)(F)F)ccc2O3)CCO1. The predicted octanol–water partition coefficient (Wildman–Crippen LogP) is 4.42. The first-order valence-electron chi connectivity index (χ1n) is 11.0. The van der Waals surface area contributed by atoms with Crippen LogP contribution in [-0.2, 0) is 25.1 Å². The van der Waals surface area contributed by atoms with E-state index in [1.807, 2.05) is 13.8 Å². The minimum absolute atomic E-state index is 0.0396. The fourth-order valence-electron chi connectivity index (χ4n) is 4.89. The third-order valence-corrected chi connectivity index (χ3v) is 7.49. The maximum Gasteiger partial charge on any atom is 0.534 e. The second-order valence-electron chi connectivity index (χ2n) is 9.52. The molecule has 2 N–H and O–H groups in total. The Balaban J connectivity index is 1.63. The molecule has 8 nitrogen and oxygen atoms in total. The van der Waals surface area contributed by atoms with Crippen molar-refractivity contribution in [3.8, 4) is 17.2 Å². The third-order valence-electron chi connectivity index (χ3n) is 6.51. The molecule has 3 aliphatic rings. The molecule has 0 bridgehead atoms. The van der Waals surface area contributed by atoms with E-state index >= 15 is 4.39 Å². The van der Waals surface area contributed by atoms with Crippen LogP contribution in [0.25, 0.3) is 0 Å². The maximum atomic E-state index is 15.4. The Labute approximate surface area is 204 Å². The lowest BCUT2D eigenvalue weighted by Crippen LogP contribution is -2.34. The molecular weight excluding hydrogens is 508 g/mol. The molecule has 0 amide bonds. The van der Waals surface area contributed by atoms with Gasteiger partial charge in [-0.2, -0.15) is 21.6 Å². The van der Waals surface area contributed by atoms with Gasteiger partial charge in [0.2, 0.25) is 0 Å².